The molecule has 34 heavy (non-hydrogen) atoms. The van der Waals surface area contributed by atoms with Gasteiger partial charge in [0, 0.05) is 24.2 Å². The fourth-order valence-electron chi connectivity index (χ4n) is 3.30. The molecule has 5 N–H and O–H groups in total. The summed E-state index contributed by atoms with van der Waals surface area (Å²) in [4.78, 5) is 53.5. The number of thioether (sulfide) groups is 1. The Morgan fingerprint density at radius 1 is 1.50 bits per heavy atom. The van der Waals surface area contributed by atoms with Crippen LogP contribution in [0.3, 0.4) is 0 Å². The van der Waals surface area contributed by atoms with Gasteiger partial charge in [-0.3, -0.25) is 9.59 Å². The van der Waals surface area contributed by atoms with Gasteiger partial charge < -0.3 is 41.1 Å². The second-order valence-electron chi connectivity index (χ2n) is 7.11. The molecule has 0 bridgehead atoms. The van der Waals surface area contributed by atoms with Crippen molar-refractivity contribution in [3.63, 3.8) is 0 Å². The van der Waals surface area contributed by atoms with Crippen LogP contribution < -0.4 is 51.0 Å². The zero-order valence-electron chi connectivity index (χ0n) is 18.3. The van der Waals surface area contributed by atoms with Gasteiger partial charge in [0.2, 0.25) is 5.91 Å². The Bertz CT molecular complexity index is 1020. The van der Waals surface area contributed by atoms with E-state index in [2.05, 4.69) is 20.8 Å². The predicted octanol–water partition coefficient (Wildman–Crippen LogP) is -4.65. The molecule has 0 saturated carbocycles. The van der Waals surface area contributed by atoms with Crippen molar-refractivity contribution in [1.29, 1.82) is 0 Å². The van der Waals surface area contributed by atoms with Crippen LogP contribution in [0, 0.1) is 5.41 Å². The predicted molar refractivity (Wildman–Crippen MR) is 116 cm³/mol. The van der Waals surface area contributed by atoms with Gasteiger partial charge in [-0.25, -0.2) is 9.78 Å². The zero-order chi connectivity index (χ0) is 24.2. The smallest absolute Gasteiger partial charge is 0.549 e. The maximum absolute atomic E-state index is 12.6. The topological polar surface area (TPSA) is 199 Å². The van der Waals surface area contributed by atoms with Crippen molar-refractivity contribution >= 4 is 57.8 Å². The average Bonchev–Trinajstić information content (AvgIpc) is 3.21. The molecule has 0 spiro atoms. The van der Waals surface area contributed by atoms with Gasteiger partial charge >= 0.3 is 35.7 Å². The van der Waals surface area contributed by atoms with E-state index < -0.39 is 46.4 Å². The summed E-state index contributed by atoms with van der Waals surface area (Å²) in [6.07, 6.45) is 2.11. The number of amides is 3. The largest absolute Gasteiger partial charge is 1.00 e. The van der Waals surface area contributed by atoms with Gasteiger partial charge in [0.1, 0.15) is 23.7 Å². The molecule has 2 aliphatic rings. The Labute approximate surface area is 224 Å². The first-order valence-corrected chi connectivity index (χ1v) is 11.6. The average molecular weight is 521 g/mol. The number of alkyl carbamates (subject to hydrolysis) is 1. The van der Waals surface area contributed by atoms with E-state index in [-0.39, 0.29) is 59.3 Å². The SMILES string of the molecule is CCNC(=O)OCC=CC1(C(=O)[O-])CS[C@@H]2C(NC(=O)C(=NO)c3csc(N)n3)C(=O)N2C1.[Na+]. The molecule has 3 heterocycles. The molecular weight excluding hydrogens is 499 g/mol. The van der Waals surface area contributed by atoms with E-state index in [1.165, 1.54) is 22.4 Å². The minimum atomic E-state index is -1.48. The number of oxime groups is 1. The van der Waals surface area contributed by atoms with E-state index in [9.17, 15) is 29.5 Å². The molecule has 178 valence electrons. The van der Waals surface area contributed by atoms with Crippen LogP contribution >= 0.6 is 23.1 Å². The monoisotopic (exact) mass is 520 g/mol. The maximum Gasteiger partial charge on any atom is 1.00 e. The van der Waals surface area contributed by atoms with E-state index >= 15 is 0 Å². The third-order valence-electron chi connectivity index (χ3n) is 4.95. The fourth-order valence-corrected chi connectivity index (χ4v) is 5.36. The number of nitrogens with two attached hydrogens (primary N) is 1. The van der Waals surface area contributed by atoms with Gasteiger partial charge in [-0.1, -0.05) is 17.3 Å². The van der Waals surface area contributed by atoms with Gasteiger partial charge in [-0.15, -0.1) is 23.1 Å². The minimum absolute atomic E-state index is 0. The number of nitrogens with zero attached hydrogens (tertiary/aromatic N) is 3. The Kier molecular flexibility index (Phi) is 9.75. The number of aliphatic carboxylic acids is 1. The molecular formula is C18H21N6NaO7S2. The number of nitrogens with one attached hydrogen (secondary N) is 2. The van der Waals surface area contributed by atoms with Gasteiger partial charge in [-0.05, 0) is 6.92 Å². The summed E-state index contributed by atoms with van der Waals surface area (Å²) in [5, 5.41) is 30.1. The summed E-state index contributed by atoms with van der Waals surface area (Å²) in [7, 11) is 0. The van der Waals surface area contributed by atoms with Crippen LogP contribution in [0.4, 0.5) is 9.93 Å². The standard InChI is InChI=1S/C18H22N6O7S2.Na/c1-2-20-17(29)31-5-3-4-18(15(27)28)7-24-13(26)11(14(24)33-8-18)22-12(25)10(23-30)9-6-32-16(19)21-9;/h3-4,6,11,14,30H,2,5,7-8H2,1H3,(H2,19,21)(H,20,29)(H,22,25)(H,27,28);/q;+1/p-1/t11?,14-,18?;/m1./s1. The molecule has 3 rings (SSSR count). The molecule has 2 saturated heterocycles. The van der Waals surface area contributed by atoms with Crippen LogP contribution in [-0.2, 0) is 19.1 Å². The number of hydrogen-bond donors (Lipinski definition) is 4. The summed E-state index contributed by atoms with van der Waals surface area (Å²) in [5.74, 6) is -2.62. The third-order valence-corrected chi connectivity index (χ3v) is 7.17. The molecule has 0 aliphatic carbocycles. The number of rotatable bonds is 8. The fraction of sp³-hybridized carbons (Fsp3) is 0.444. The van der Waals surface area contributed by atoms with Crippen LogP contribution in [0.2, 0.25) is 0 Å². The second-order valence-corrected chi connectivity index (χ2v) is 9.11. The van der Waals surface area contributed by atoms with Crippen molar-refractivity contribution in [1.82, 2.24) is 20.5 Å². The molecule has 2 fully saturated rings. The van der Waals surface area contributed by atoms with E-state index in [0.29, 0.717) is 6.54 Å². The van der Waals surface area contributed by atoms with Crippen LogP contribution in [0.15, 0.2) is 22.7 Å². The molecule has 1 aromatic heterocycles. The van der Waals surface area contributed by atoms with Gasteiger partial charge in [0.05, 0.1) is 11.4 Å². The number of carbonyl (C=O) groups excluding carboxylic acids is 4. The van der Waals surface area contributed by atoms with Crippen LogP contribution in [-0.4, -0.2) is 81.5 Å². The molecule has 0 aromatic carbocycles. The number of nitrogen functional groups attached to an aromatic ring is 1. The zero-order valence-corrected chi connectivity index (χ0v) is 22.0. The summed E-state index contributed by atoms with van der Waals surface area (Å²) < 4.78 is 4.88. The van der Waals surface area contributed by atoms with Crippen LogP contribution in [0.5, 0.6) is 0 Å². The third kappa shape index (κ3) is 5.83. The number of carbonyl (C=O) groups is 4. The van der Waals surface area contributed by atoms with Gasteiger partial charge in [0.15, 0.2) is 10.8 Å². The van der Waals surface area contributed by atoms with Crippen molar-refractivity contribution in [3.05, 3.63) is 23.2 Å². The van der Waals surface area contributed by atoms with Crippen molar-refractivity contribution in [2.24, 2.45) is 10.6 Å². The minimum Gasteiger partial charge on any atom is -0.549 e. The maximum atomic E-state index is 12.6. The van der Waals surface area contributed by atoms with Crippen LogP contribution in [0.25, 0.3) is 0 Å². The number of aromatic nitrogens is 1. The molecule has 2 unspecified atom stereocenters. The second kappa shape index (κ2) is 11.9. The first kappa shape index (κ1) is 27.9. The summed E-state index contributed by atoms with van der Waals surface area (Å²) in [5.41, 5.74) is 3.72. The summed E-state index contributed by atoms with van der Waals surface area (Å²) >= 11 is 2.21. The van der Waals surface area contributed by atoms with E-state index in [4.69, 9.17) is 10.5 Å². The molecule has 0 radical (unpaired) electrons. The Hall–Kier alpha value is -2.33. The molecule has 2 aliphatic heterocycles. The van der Waals surface area contributed by atoms with Crippen molar-refractivity contribution < 1.29 is 63.8 Å². The van der Waals surface area contributed by atoms with Crippen molar-refractivity contribution in [2.75, 3.05) is 31.2 Å². The number of fused-ring (bicyclic) bond motifs is 1. The van der Waals surface area contributed by atoms with E-state index in [0.717, 1.165) is 23.1 Å². The molecule has 16 heteroatoms. The Morgan fingerprint density at radius 2 is 2.24 bits per heavy atom. The number of thiazole rings is 1. The Balaban J connectivity index is 0.00000408. The first-order chi connectivity index (χ1) is 15.7. The molecule has 1 aromatic rings. The number of ether oxygens (including phenoxy) is 1. The van der Waals surface area contributed by atoms with Crippen molar-refractivity contribution in [3.8, 4) is 0 Å². The normalized spacial score (nSPS) is 24.0. The summed E-state index contributed by atoms with van der Waals surface area (Å²) in [6, 6.07) is -0.931. The quantitative estimate of drug-likeness (QED) is 0.0645. The number of carboxylic acids is 1. The molecule has 13 nitrogen and oxygen atoms in total. The number of β-lactam (4-membered cyclic amide) rings is 1. The number of carboxylic acid groups (broad SMARTS) is 1. The van der Waals surface area contributed by atoms with E-state index in [1.54, 1.807) is 6.92 Å². The number of hydrogen-bond acceptors (Lipinski definition) is 12. The van der Waals surface area contributed by atoms with Gasteiger partial charge in [-0.2, -0.15) is 0 Å². The first-order valence-electron chi connectivity index (χ1n) is 9.68. The van der Waals surface area contributed by atoms with Crippen molar-refractivity contribution in [2.45, 2.75) is 18.3 Å². The molecule has 3 atom stereocenters. The van der Waals surface area contributed by atoms with Gasteiger partial charge in [0.25, 0.3) is 5.91 Å². The van der Waals surface area contributed by atoms with Crippen LogP contribution in [0.1, 0.15) is 12.6 Å². The Morgan fingerprint density at radius 3 is 2.82 bits per heavy atom. The summed E-state index contributed by atoms with van der Waals surface area (Å²) in [6.45, 7) is 1.80. The molecule has 3 amide bonds. The van der Waals surface area contributed by atoms with E-state index in [1.807, 2.05) is 0 Å². The number of anilines is 1.